The lowest BCUT2D eigenvalue weighted by atomic mass is 10.1. The highest BCUT2D eigenvalue weighted by molar-refractivity contribution is 6.30. The molecule has 0 amide bonds. The van der Waals surface area contributed by atoms with Crippen molar-refractivity contribution in [2.75, 3.05) is 18.9 Å². The maximum absolute atomic E-state index is 12.9. The maximum atomic E-state index is 12.9. The second-order valence-electron chi connectivity index (χ2n) is 5.05. The standard InChI is InChI=1S/C13H16ClF3N2/c1-8-5-10(7-19(8)2)18-12-4-3-9(14)6-11(12)13(15,16)17/h3-4,6,8,10,18H,5,7H2,1-2H3. The average Bonchev–Trinajstić information content (AvgIpc) is 2.59. The van der Waals surface area contributed by atoms with E-state index in [0.29, 0.717) is 6.04 Å². The molecule has 1 aromatic carbocycles. The predicted molar refractivity (Wildman–Crippen MR) is 70.6 cm³/mol. The Kier molecular flexibility index (Phi) is 3.97. The number of rotatable bonds is 2. The Bertz CT molecular complexity index is 452. The highest BCUT2D eigenvalue weighted by atomic mass is 35.5. The number of hydrogen-bond donors (Lipinski definition) is 1. The number of likely N-dealkylation sites (N-methyl/N-ethyl adjacent to an activating group) is 1. The van der Waals surface area contributed by atoms with Crippen molar-refractivity contribution in [2.45, 2.75) is 31.6 Å². The van der Waals surface area contributed by atoms with Crippen molar-refractivity contribution in [2.24, 2.45) is 0 Å². The van der Waals surface area contributed by atoms with Crippen LogP contribution in [0.5, 0.6) is 0 Å². The number of benzene rings is 1. The number of nitrogens with one attached hydrogen (secondary N) is 1. The Morgan fingerprint density at radius 2 is 2.05 bits per heavy atom. The van der Waals surface area contributed by atoms with Crippen LogP contribution in [0.25, 0.3) is 0 Å². The van der Waals surface area contributed by atoms with Crippen LogP contribution >= 0.6 is 11.6 Å². The number of halogens is 4. The molecule has 2 rings (SSSR count). The van der Waals surface area contributed by atoms with E-state index in [1.165, 1.54) is 12.1 Å². The lowest BCUT2D eigenvalue weighted by molar-refractivity contribution is -0.137. The first-order valence-electron chi connectivity index (χ1n) is 6.11. The molecule has 0 spiro atoms. The molecule has 2 nitrogen and oxygen atoms in total. The summed E-state index contributed by atoms with van der Waals surface area (Å²) in [4.78, 5) is 2.13. The number of likely N-dealkylation sites (tertiary alicyclic amines) is 1. The minimum absolute atomic E-state index is 0.0299. The average molecular weight is 293 g/mol. The topological polar surface area (TPSA) is 15.3 Å². The van der Waals surface area contributed by atoms with E-state index in [1.807, 2.05) is 7.05 Å². The van der Waals surface area contributed by atoms with Crippen LogP contribution in [0.1, 0.15) is 18.9 Å². The van der Waals surface area contributed by atoms with Crippen LogP contribution in [-0.2, 0) is 6.18 Å². The third-order valence-electron chi connectivity index (χ3n) is 3.53. The Balaban J connectivity index is 2.21. The summed E-state index contributed by atoms with van der Waals surface area (Å²) < 4.78 is 38.8. The minimum Gasteiger partial charge on any atom is -0.380 e. The van der Waals surface area contributed by atoms with E-state index in [2.05, 4.69) is 17.1 Å². The second-order valence-corrected chi connectivity index (χ2v) is 5.49. The molecule has 1 N–H and O–H groups in total. The molecule has 1 aromatic rings. The van der Waals surface area contributed by atoms with Crippen LogP contribution in [0.3, 0.4) is 0 Å². The van der Waals surface area contributed by atoms with Crippen molar-refractivity contribution in [3.05, 3.63) is 28.8 Å². The second kappa shape index (κ2) is 5.21. The number of anilines is 1. The van der Waals surface area contributed by atoms with E-state index >= 15 is 0 Å². The zero-order valence-corrected chi connectivity index (χ0v) is 11.5. The molecule has 6 heteroatoms. The normalized spacial score (nSPS) is 24.7. The molecule has 0 saturated carbocycles. The maximum Gasteiger partial charge on any atom is 0.418 e. The molecule has 1 aliphatic heterocycles. The SMILES string of the molecule is CC1CC(Nc2ccc(Cl)cc2C(F)(F)F)CN1C. The molecule has 1 heterocycles. The first kappa shape index (κ1) is 14.5. The molecule has 2 unspecified atom stereocenters. The summed E-state index contributed by atoms with van der Waals surface area (Å²) in [6.07, 6.45) is -3.57. The van der Waals surface area contributed by atoms with Gasteiger partial charge in [-0.15, -0.1) is 0 Å². The van der Waals surface area contributed by atoms with Gasteiger partial charge in [-0.3, -0.25) is 0 Å². The van der Waals surface area contributed by atoms with Gasteiger partial charge in [0.25, 0.3) is 0 Å². The Morgan fingerprint density at radius 3 is 2.58 bits per heavy atom. The van der Waals surface area contributed by atoms with Gasteiger partial charge in [0.2, 0.25) is 0 Å². The van der Waals surface area contributed by atoms with Gasteiger partial charge < -0.3 is 10.2 Å². The largest absolute Gasteiger partial charge is 0.418 e. The summed E-state index contributed by atoms with van der Waals surface area (Å²) in [6.45, 7) is 2.80. The summed E-state index contributed by atoms with van der Waals surface area (Å²) in [5, 5.41) is 3.08. The summed E-state index contributed by atoms with van der Waals surface area (Å²) in [7, 11) is 1.97. The molecule has 0 aromatic heterocycles. The van der Waals surface area contributed by atoms with E-state index in [-0.39, 0.29) is 16.8 Å². The van der Waals surface area contributed by atoms with E-state index in [1.54, 1.807) is 0 Å². The van der Waals surface area contributed by atoms with Crippen LogP contribution in [0.15, 0.2) is 18.2 Å². The van der Waals surface area contributed by atoms with Crippen LogP contribution in [0.4, 0.5) is 18.9 Å². The fraction of sp³-hybridized carbons (Fsp3) is 0.538. The Morgan fingerprint density at radius 1 is 1.37 bits per heavy atom. The van der Waals surface area contributed by atoms with Crippen molar-refractivity contribution in [3.8, 4) is 0 Å². The smallest absolute Gasteiger partial charge is 0.380 e. The summed E-state index contributed by atoms with van der Waals surface area (Å²) in [5.74, 6) is 0. The molecule has 1 aliphatic rings. The van der Waals surface area contributed by atoms with E-state index < -0.39 is 11.7 Å². The molecule has 1 saturated heterocycles. The fourth-order valence-corrected chi connectivity index (χ4v) is 2.57. The first-order valence-corrected chi connectivity index (χ1v) is 6.48. The highest BCUT2D eigenvalue weighted by Gasteiger charge is 2.35. The molecular formula is C13H16ClF3N2. The van der Waals surface area contributed by atoms with Gasteiger partial charge in [-0.25, -0.2) is 0 Å². The molecular weight excluding hydrogens is 277 g/mol. The van der Waals surface area contributed by atoms with Crippen molar-refractivity contribution in [1.82, 2.24) is 4.90 Å². The van der Waals surface area contributed by atoms with Gasteiger partial charge in [-0.1, -0.05) is 11.6 Å². The molecule has 1 fully saturated rings. The summed E-state index contributed by atoms with van der Waals surface area (Å²) >= 11 is 5.65. The van der Waals surface area contributed by atoms with Crippen LogP contribution in [0.2, 0.25) is 5.02 Å². The Labute approximate surface area is 115 Å². The van der Waals surface area contributed by atoms with E-state index in [4.69, 9.17) is 11.6 Å². The summed E-state index contributed by atoms with van der Waals surface area (Å²) in [5.41, 5.74) is -0.605. The van der Waals surface area contributed by atoms with Gasteiger partial charge in [-0.05, 0) is 38.6 Å². The van der Waals surface area contributed by atoms with Gasteiger partial charge in [-0.2, -0.15) is 13.2 Å². The van der Waals surface area contributed by atoms with Gasteiger partial charge in [0.1, 0.15) is 0 Å². The lowest BCUT2D eigenvalue weighted by Gasteiger charge is -2.19. The Hall–Kier alpha value is -0.940. The van der Waals surface area contributed by atoms with E-state index in [9.17, 15) is 13.2 Å². The number of nitrogens with zero attached hydrogens (tertiary/aromatic N) is 1. The zero-order valence-electron chi connectivity index (χ0n) is 10.8. The van der Waals surface area contributed by atoms with Gasteiger partial charge in [0.15, 0.2) is 0 Å². The zero-order chi connectivity index (χ0) is 14.2. The molecule has 0 aliphatic carbocycles. The van der Waals surface area contributed by atoms with Crippen LogP contribution < -0.4 is 5.32 Å². The quantitative estimate of drug-likeness (QED) is 0.890. The van der Waals surface area contributed by atoms with Crippen LogP contribution in [0, 0.1) is 0 Å². The van der Waals surface area contributed by atoms with Crippen molar-refractivity contribution in [1.29, 1.82) is 0 Å². The van der Waals surface area contributed by atoms with Crippen molar-refractivity contribution in [3.63, 3.8) is 0 Å². The number of alkyl halides is 3. The monoisotopic (exact) mass is 292 g/mol. The summed E-state index contributed by atoms with van der Waals surface area (Å²) in [6, 6.07) is 4.24. The highest BCUT2D eigenvalue weighted by Crippen LogP contribution is 2.37. The molecule has 0 radical (unpaired) electrons. The van der Waals surface area contributed by atoms with Crippen LogP contribution in [-0.4, -0.2) is 30.6 Å². The van der Waals surface area contributed by atoms with Gasteiger partial charge in [0, 0.05) is 29.3 Å². The van der Waals surface area contributed by atoms with E-state index in [0.717, 1.165) is 19.0 Å². The van der Waals surface area contributed by atoms with Crippen molar-refractivity contribution < 1.29 is 13.2 Å². The number of hydrogen-bond acceptors (Lipinski definition) is 2. The molecule has 106 valence electrons. The lowest BCUT2D eigenvalue weighted by Crippen LogP contribution is -2.25. The fourth-order valence-electron chi connectivity index (χ4n) is 2.40. The predicted octanol–water partition coefficient (Wildman–Crippen LogP) is 3.86. The van der Waals surface area contributed by atoms with Crippen molar-refractivity contribution >= 4 is 17.3 Å². The first-order chi connectivity index (χ1) is 8.77. The molecule has 0 bridgehead atoms. The molecule has 19 heavy (non-hydrogen) atoms. The third kappa shape index (κ3) is 3.34. The van der Waals surface area contributed by atoms with Gasteiger partial charge in [0.05, 0.1) is 5.56 Å². The third-order valence-corrected chi connectivity index (χ3v) is 3.77. The molecule has 2 atom stereocenters. The minimum atomic E-state index is -4.40. The van der Waals surface area contributed by atoms with Gasteiger partial charge >= 0.3 is 6.18 Å².